The van der Waals surface area contributed by atoms with Gasteiger partial charge in [-0.1, -0.05) is 0 Å². The summed E-state index contributed by atoms with van der Waals surface area (Å²) in [7, 11) is 0. The van der Waals surface area contributed by atoms with Crippen LogP contribution in [0.15, 0.2) is 6.07 Å². The fourth-order valence-corrected chi connectivity index (χ4v) is 1.86. The molecule has 1 aromatic rings. The van der Waals surface area contributed by atoms with Crippen LogP contribution in [-0.2, 0) is 4.74 Å². The minimum Gasteiger partial charge on any atom is -0.383 e. The summed E-state index contributed by atoms with van der Waals surface area (Å²) < 4.78 is 5.34. The third-order valence-corrected chi connectivity index (χ3v) is 2.81. The molecule has 2 atom stereocenters. The Kier molecular flexibility index (Phi) is 3.09. The van der Waals surface area contributed by atoms with Crippen LogP contribution in [0, 0.1) is 5.92 Å². The van der Waals surface area contributed by atoms with Gasteiger partial charge >= 0.3 is 0 Å². The topological polar surface area (TPSA) is 99.1 Å². The highest BCUT2D eigenvalue weighted by Gasteiger charge is 2.22. The minimum absolute atomic E-state index is 0.192. The van der Waals surface area contributed by atoms with Crippen molar-refractivity contribution in [2.24, 2.45) is 5.92 Å². The Bertz CT molecular complexity index is 344. The molecule has 88 valence electrons. The molecule has 0 saturated carbocycles. The van der Waals surface area contributed by atoms with Crippen LogP contribution in [0.2, 0.25) is 0 Å². The first-order valence-electron chi connectivity index (χ1n) is 5.39. The van der Waals surface area contributed by atoms with Crippen LogP contribution in [0.3, 0.4) is 0 Å². The quantitative estimate of drug-likeness (QED) is 0.689. The van der Waals surface area contributed by atoms with Gasteiger partial charge in [-0.25, -0.2) is 0 Å². The lowest BCUT2D eigenvalue weighted by molar-refractivity contribution is 0.183. The van der Waals surface area contributed by atoms with Crippen molar-refractivity contribution in [3.05, 3.63) is 6.07 Å². The molecule has 1 aliphatic heterocycles. The van der Waals surface area contributed by atoms with Crippen LogP contribution in [0.1, 0.15) is 13.3 Å². The number of nitrogens with one attached hydrogen (secondary N) is 1. The highest BCUT2D eigenvalue weighted by Crippen LogP contribution is 2.20. The van der Waals surface area contributed by atoms with Crippen molar-refractivity contribution < 1.29 is 4.74 Å². The lowest BCUT2D eigenvalue weighted by Crippen LogP contribution is -2.26. The molecular weight excluding hydrogens is 206 g/mol. The van der Waals surface area contributed by atoms with Crippen molar-refractivity contribution in [2.45, 2.75) is 19.4 Å². The highest BCUT2D eigenvalue weighted by atomic mass is 16.5. The van der Waals surface area contributed by atoms with Crippen molar-refractivity contribution in [1.29, 1.82) is 0 Å². The molecule has 6 heteroatoms. The van der Waals surface area contributed by atoms with E-state index in [0.717, 1.165) is 19.6 Å². The van der Waals surface area contributed by atoms with E-state index in [2.05, 4.69) is 22.2 Å². The van der Waals surface area contributed by atoms with Gasteiger partial charge in [0.1, 0.15) is 11.6 Å². The number of anilines is 3. The van der Waals surface area contributed by atoms with Crippen molar-refractivity contribution in [3.63, 3.8) is 0 Å². The lowest BCUT2D eigenvalue weighted by atomic mass is 10.0. The van der Waals surface area contributed by atoms with E-state index in [9.17, 15) is 0 Å². The molecule has 2 heterocycles. The average Bonchev–Trinajstić information content (AvgIpc) is 2.68. The van der Waals surface area contributed by atoms with Gasteiger partial charge in [-0.15, -0.1) is 0 Å². The number of nitrogens with zero attached hydrogens (tertiary/aromatic N) is 2. The van der Waals surface area contributed by atoms with Gasteiger partial charge in [0, 0.05) is 24.6 Å². The highest BCUT2D eigenvalue weighted by molar-refractivity contribution is 5.48. The van der Waals surface area contributed by atoms with E-state index >= 15 is 0 Å². The fourth-order valence-electron chi connectivity index (χ4n) is 1.86. The average molecular weight is 223 g/mol. The molecule has 2 unspecified atom stereocenters. The van der Waals surface area contributed by atoms with Gasteiger partial charge in [-0.05, 0) is 13.3 Å². The zero-order chi connectivity index (χ0) is 11.5. The summed E-state index contributed by atoms with van der Waals surface area (Å²) in [6, 6.07) is 1.97. The van der Waals surface area contributed by atoms with E-state index in [1.54, 1.807) is 6.07 Å². The summed E-state index contributed by atoms with van der Waals surface area (Å²) >= 11 is 0. The summed E-state index contributed by atoms with van der Waals surface area (Å²) in [5, 5.41) is 3.27. The Morgan fingerprint density at radius 3 is 2.94 bits per heavy atom. The molecule has 5 N–H and O–H groups in total. The van der Waals surface area contributed by atoms with Gasteiger partial charge in [0.05, 0.1) is 6.61 Å². The Morgan fingerprint density at radius 1 is 1.50 bits per heavy atom. The maximum absolute atomic E-state index is 5.59. The monoisotopic (exact) mass is 223 g/mol. The summed E-state index contributed by atoms with van der Waals surface area (Å²) in [6.45, 7) is 3.74. The second kappa shape index (κ2) is 4.52. The molecule has 1 aliphatic rings. The number of nitrogen functional groups attached to an aromatic ring is 2. The maximum Gasteiger partial charge on any atom is 0.223 e. The molecule has 1 fully saturated rings. The number of ether oxygens (including phenoxy) is 1. The number of hydrogen-bond acceptors (Lipinski definition) is 6. The van der Waals surface area contributed by atoms with E-state index < -0.39 is 0 Å². The van der Waals surface area contributed by atoms with Crippen LogP contribution in [0.25, 0.3) is 0 Å². The van der Waals surface area contributed by atoms with Crippen LogP contribution in [0.5, 0.6) is 0 Å². The van der Waals surface area contributed by atoms with E-state index in [1.807, 2.05) is 0 Å². The van der Waals surface area contributed by atoms with E-state index in [0.29, 0.717) is 17.6 Å². The van der Waals surface area contributed by atoms with E-state index in [4.69, 9.17) is 16.2 Å². The Labute approximate surface area is 94.4 Å². The fraction of sp³-hybridized carbons (Fsp3) is 0.600. The van der Waals surface area contributed by atoms with Crippen molar-refractivity contribution in [3.8, 4) is 0 Å². The largest absolute Gasteiger partial charge is 0.383 e. The molecule has 6 nitrogen and oxygen atoms in total. The smallest absolute Gasteiger partial charge is 0.223 e. The number of rotatable bonds is 3. The van der Waals surface area contributed by atoms with Crippen molar-refractivity contribution in [1.82, 2.24) is 9.97 Å². The summed E-state index contributed by atoms with van der Waals surface area (Å²) in [6.07, 6.45) is 1.07. The third kappa shape index (κ3) is 2.52. The summed E-state index contributed by atoms with van der Waals surface area (Å²) in [5.74, 6) is 1.75. The van der Waals surface area contributed by atoms with Crippen LogP contribution in [-0.4, -0.2) is 29.2 Å². The minimum atomic E-state index is 0.192. The molecule has 0 bridgehead atoms. The van der Waals surface area contributed by atoms with Gasteiger partial charge in [0.2, 0.25) is 5.95 Å². The first kappa shape index (κ1) is 10.9. The summed E-state index contributed by atoms with van der Waals surface area (Å²) in [4.78, 5) is 7.90. The zero-order valence-corrected chi connectivity index (χ0v) is 9.31. The van der Waals surface area contributed by atoms with Gasteiger partial charge in [-0.3, -0.25) is 0 Å². The Hall–Kier alpha value is -1.56. The molecule has 2 rings (SSSR count). The first-order chi connectivity index (χ1) is 7.65. The Morgan fingerprint density at radius 2 is 2.31 bits per heavy atom. The Balaban J connectivity index is 2.02. The lowest BCUT2D eigenvalue weighted by Gasteiger charge is -2.19. The van der Waals surface area contributed by atoms with Gasteiger partial charge in [0.15, 0.2) is 0 Å². The molecule has 1 aromatic heterocycles. The SMILES string of the molecule is CC(Nc1cc(N)nc(N)n1)C1CCOC1. The van der Waals surface area contributed by atoms with E-state index in [-0.39, 0.29) is 12.0 Å². The maximum atomic E-state index is 5.59. The molecule has 0 spiro atoms. The van der Waals surface area contributed by atoms with E-state index in [1.165, 1.54) is 0 Å². The third-order valence-electron chi connectivity index (χ3n) is 2.81. The molecule has 0 aromatic carbocycles. The predicted octanol–water partition coefficient (Wildman–Crippen LogP) is 0.478. The zero-order valence-electron chi connectivity index (χ0n) is 9.31. The standard InChI is InChI=1S/C10H17N5O/c1-6(7-2-3-16-5-7)13-9-4-8(11)14-10(12)15-9/h4,6-7H,2-3,5H2,1H3,(H5,11,12,13,14,15). The first-order valence-corrected chi connectivity index (χ1v) is 5.39. The molecule has 16 heavy (non-hydrogen) atoms. The van der Waals surface area contributed by atoms with Crippen molar-refractivity contribution >= 4 is 17.6 Å². The molecule has 1 saturated heterocycles. The molecule has 0 radical (unpaired) electrons. The van der Waals surface area contributed by atoms with Gasteiger partial charge in [0.25, 0.3) is 0 Å². The van der Waals surface area contributed by atoms with Crippen LogP contribution < -0.4 is 16.8 Å². The second-order valence-corrected chi connectivity index (χ2v) is 4.09. The number of hydrogen-bond donors (Lipinski definition) is 3. The second-order valence-electron chi connectivity index (χ2n) is 4.09. The summed E-state index contributed by atoms with van der Waals surface area (Å²) in [5.41, 5.74) is 11.1. The molecule has 0 aliphatic carbocycles. The molecular formula is C10H17N5O. The van der Waals surface area contributed by atoms with Crippen molar-refractivity contribution in [2.75, 3.05) is 30.0 Å². The predicted molar refractivity (Wildman–Crippen MR) is 62.9 cm³/mol. The van der Waals surface area contributed by atoms with Gasteiger partial charge < -0.3 is 21.5 Å². The normalized spacial score (nSPS) is 21.9. The number of aromatic nitrogens is 2. The molecule has 0 amide bonds. The number of nitrogens with two attached hydrogens (primary N) is 2. The van der Waals surface area contributed by atoms with Crippen LogP contribution in [0.4, 0.5) is 17.6 Å². The van der Waals surface area contributed by atoms with Crippen LogP contribution >= 0.6 is 0 Å². The van der Waals surface area contributed by atoms with Gasteiger partial charge in [-0.2, -0.15) is 9.97 Å².